The fourth-order valence-corrected chi connectivity index (χ4v) is 4.40. The van der Waals surface area contributed by atoms with Gasteiger partial charge in [0, 0.05) is 43.7 Å². The zero-order chi connectivity index (χ0) is 20.4. The van der Waals surface area contributed by atoms with E-state index < -0.39 is 5.63 Å². The first-order valence-electron chi connectivity index (χ1n) is 10.4. The second kappa shape index (κ2) is 8.55. The number of hydrogen-bond acceptors (Lipinski definition) is 6. The molecule has 1 aromatic carbocycles. The van der Waals surface area contributed by atoms with Crippen LogP contribution in [-0.4, -0.2) is 60.2 Å². The third kappa shape index (κ3) is 4.31. The Labute approximate surface area is 169 Å². The Kier molecular flexibility index (Phi) is 5.87. The Balaban J connectivity index is 1.54. The number of rotatable bonds is 4. The molecule has 7 nitrogen and oxygen atoms in total. The summed E-state index contributed by atoms with van der Waals surface area (Å²) in [7, 11) is 0. The van der Waals surface area contributed by atoms with E-state index in [4.69, 9.17) is 9.15 Å². The van der Waals surface area contributed by atoms with Gasteiger partial charge >= 0.3 is 5.63 Å². The maximum absolute atomic E-state index is 12.9. The number of ether oxygens (including phenoxy) is 1. The lowest BCUT2D eigenvalue weighted by Crippen LogP contribution is -2.48. The topological polar surface area (TPSA) is 83.2 Å². The van der Waals surface area contributed by atoms with Gasteiger partial charge < -0.3 is 19.2 Å². The average molecular weight is 400 g/mol. The van der Waals surface area contributed by atoms with E-state index in [1.807, 2.05) is 17.9 Å². The minimum Gasteiger partial charge on any atom is -0.508 e. The molecule has 2 saturated heterocycles. The number of hydrogen-bond donors (Lipinski definition) is 1. The molecule has 0 saturated carbocycles. The fraction of sp³-hybridized carbons (Fsp3) is 0.545. The SMILES string of the molecule is CCc1cc2c(CN3CCCC(C(=O)N4CCOCC4)C3)cc(=O)oc2cc1O. The molecular weight excluding hydrogens is 372 g/mol. The number of benzene rings is 1. The monoisotopic (exact) mass is 400 g/mol. The van der Waals surface area contributed by atoms with Crippen LogP contribution in [-0.2, 0) is 22.5 Å². The number of carbonyl (C=O) groups excluding carboxylic acids is 1. The van der Waals surface area contributed by atoms with Gasteiger partial charge in [-0.05, 0) is 43.0 Å². The summed E-state index contributed by atoms with van der Waals surface area (Å²) in [5.41, 5.74) is 1.69. The Morgan fingerprint density at radius 1 is 1.17 bits per heavy atom. The number of morpholine rings is 1. The molecule has 1 aromatic heterocycles. The highest BCUT2D eigenvalue weighted by Gasteiger charge is 2.30. The highest BCUT2D eigenvalue weighted by Crippen LogP contribution is 2.28. The number of fused-ring (bicyclic) bond motifs is 1. The van der Waals surface area contributed by atoms with Crippen LogP contribution in [0.15, 0.2) is 27.4 Å². The molecule has 2 aromatic rings. The maximum atomic E-state index is 12.9. The molecule has 2 aliphatic rings. The summed E-state index contributed by atoms with van der Waals surface area (Å²) in [5.74, 6) is 0.353. The average Bonchev–Trinajstić information content (AvgIpc) is 2.73. The first kappa shape index (κ1) is 19.9. The van der Waals surface area contributed by atoms with Crippen LogP contribution in [0.5, 0.6) is 5.75 Å². The normalized spacial score (nSPS) is 20.9. The predicted octanol–water partition coefficient (Wildman–Crippen LogP) is 2.13. The van der Waals surface area contributed by atoms with Gasteiger partial charge in [0.05, 0.1) is 19.1 Å². The molecule has 2 aliphatic heterocycles. The first-order valence-corrected chi connectivity index (χ1v) is 10.4. The number of likely N-dealkylation sites (tertiary alicyclic amines) is 1. The lowest BCUT2D eigenvalue weighted by Gasteiger charge is -2.36. The third-order valence-corrected chi connectivity index (χ3v) is 5.98. The van der Waals surface area contributed by atoms with E-state index in [9.17, 15) is 14.7 Å². The van der Waals surface area contributed by atoms with Crippen molar-refractivity contribution >= 4 is 16.9 Å². The van der Waals surface area contributed by atoms with Crippen molar-refractivity contribution in [2.24, 2.45) is 5.92 Å². The minimum absolute atomic E-state index is 0.0107. The number of nitrogens with zero attached hydrogens (tertiary/aromatic N) is 2. The number of aryl methyl sites for hydroxylation is 1. The number of phenolic OH excluding ortho intramolecular Hbond substituents is 1. The molecule has 0 aliphatic carbocycles. The highest BCUT2D eigenvalue weighted by atomic mass is 16.5. The van der Waals surface area contributed by atoms with Crippen molar-refractivity contribution in [1.82, 2.24) is 9.80 Å². The van der Waals surface area contributed by atoms with Crippen molar-refractivity contribution in [1.29, 1.82) is 0 Å². The van der Waals surface area contributed by atoms with E-state index in [0.717, 1.165) is 35.9 Å². The minimum atomic E-state index is -0.422. The van der Waals surface area contributed by atoms with Crippen LogP contribution in [0, 0.1) is 5.92 Å². The van der Waals surface area contributed by atoms with E-state index in [-0.39, 0.29) is 17.6 Å². The molecule has 1 N–H and O–H groups in total. The second-order valence-corrected chi connectivity index (χ2v) is 7.93. The van der Waals surface area contributed by atoms with Crippen LogP contribution in [0.1, 0.15) is 30.9 Å². The van der Waals surface area contributed by atoms with Gasteiger partial charge in [0.1, 0.15) is 11.3 Å². The lowest BCUT2D eigenvalue weighted by atomic mass is 9.95. The smallest absolute Gasteiger partial charge is 0.336 e. The number of piperidine rings is 1. The second-order valence-electron chi connectivity index (χ2n) is 7.93. The van der Waals surface area contributed by atoms with E-state index in [1.54, 1.807) is 0 Å². The Bertz CT molecular complexity index is 948. The van der Waals surface area contributed by atoms with Gasteiger partial charge in [-0.2, -0.15) is 0 Å². The van der Waals surface area contributed by atoms with Crippen LogP contribution in [0.3, 0.4) is 0 Å². The summed E-state index contributed by atoms with van der Waals surface area (Å²) in [6, 6.07) is 4.97. The Morgan fingerprint density at radius 2 is 1.97 bits per heavy atom. The Hall–Kier alpha value is -2.38. The molecule has 0 radical (unpaired) electrons. The maximum Gasteiger partial charge on any atom is 0.336 e. The zero-order valence-corrected chi connectivity index (χ0v) is 16.9. The van der Waals surface area contributed by atoms with Crippen LogP contribution in [0.4, 0.5) is 0 Å². The third-order valence-electron chi connectivity index (χ3n) is 5.98. The van der Waals surface area contributed by atoms with Gasteiger partial charge in [0.2, 0.25) is 5.91 Å². The molecule has 2 fully saturated rings. The van der Waals surface area contributed by atoms with Gasteiger partial charge in [-0.1, -0.05) is 6.92 Å². The number of carbonyl (C=O) groups is 1. The van der Waals surface area contributed by atoms with Crippen LogP contribution < -0.4 is 5.63 Å². The van der Waals surface area contributed by atoms with Gasteiger partial charge in [0.15, 0.2) is 0 Å². The molecule has 1 unspecified atom stereocenters. The summed E-state index contributed by atoms with van der Waals surface area (Å²) in [6.45, 7) is 6.71. The van der Waals surface area contributed by atoms with Crippen molar-refractivity contribution in [2.75, 3.05) is 39.4 Å². The molecule has 29 heavy (non-hydrogen) atoms. The molecule has 4 rings (SSSR count). The molecule has 3 heterocycles. The zero-order valence-electron chi connectivity index (χ0n) is 16.9. The molecule has 0 spiro atoms. The summed E-state index contributed by atoms with van der Waals surface area (Å²) in [5, 5.41) is 11.0. The van der Waals surface area contributed by atoms with Crippen molar-refractivity contribution in [2.45, 2.75) is 32.7 Å². The quantitative estimate of drug-likeness (QED) is 0.792. The van der Waals surface area contributed by atoms with Crippen LogP contribution in [0.2, 0.25) is 0 Å². The Morgan fingerprint density at radius 3 is 2.72 bits per heavy atom. The summed E-state index contributed by atoms with van der Waals surface area (Å²) < 4.78 is 10.7. The van der Waals surface area contributed by atoms with Crippen molar-refractivity contribution in [3.63, 3.8) is 0 Å². The standard InChI is InChI=1S/C22H28N2O5/c1-2-15-10-18-17(11-21(26)29-20(18)12-19(15)25)14-23-5-3-4-16(13-23)22(27)24-6-8-28-9-7-24/h10-12,16,25H,2-9,13-14H2,1H3. The lowest BCUT2D eigenvalue weighted by molar-refractivity contribution is -0.141. The number of aromatic hydroxyl groups is 1. The first-order chi connectivity index (χ1) is 14.0. The van der Waals surface area contributed by atoms with Crippen molar-refractivity contribution < 1.29 is 19.1 Å². The summed E-state index contributed by atoms with van der Waals surface area (Å²) in [6.07, 6.45) is 2.56. The fourth-order valence-electron chi connectivity index (χ4n) is 4.40. The molecule has 156 valence electrons. The molecular formula is C22H28N2O5. The van der Waals surface area contributed by atoms with Gasteiger partial charge in [-0.15, -0.1) is 0 Å². The molecule has 7 heteroatoms. The van der Waals surface area contributed by atoms with Crippen LogP contribution in [0.25, 0.3) is 11.0 Å². The number of amides is 1. The summed E-state index contributed by atoms with van der Waals surface area (Å²) >= 11 is 0. The van der Waals surface area contributed by atoms with Crippen molar-refractivity contribution in [3.05, 3.63) is 39.7 Å². The highest BCUT2D eigenvalue weighted by molar-refractivity contribution is 5.83. The summed E-state index contributed by atoms with van der Waals surface area (Å²) in [4.78, 5) is 29.1. The van der Waals surface area contributed by atoms with Gasteiger partial charge in [0.25, 0.3) is 0 Å². The van der Waals surface area contributed by atoms with Crippen LogP contribution >= 0.6 is 0 Å². The van der Waals surface area contributed by atoms with E-state index in [2.05, 4.69) is 4.90 Å². The van der Waals surface area contributed by atoms with Crippen molar-refractivity contribution in [3.8, 4) is 5.75 Å². The molecule has 0 bridgehead atoms. The molecule has 1 amide bonds. The van der Waals surface area contributed by atoms with E-state index in [1.165, 1.54) is 12.1 Å². The van der Waals surface area contributed by atoms with Gasteiger partial charge in [-0.25, -0.2) is 4.79 Å². The number of phenols is 1. The van der Waals surface area contributed by atoms with E-state index in [0.29, 0.717) is 51.4 Å². The largest absolute Gasteiger partial charge is 0.508 e. The van der Waals surface area contributed by atoms with Gasteiger partial charge in [-0.3, -0.25) is 9.69 Å². The van der Waals surface area contributed by atoms with E-state index >= 15 is 0 Å². The predicted molar refractivity (Wildman–Crippen MR) is 109 cm³/mol. The molecule has 1 atom stereocenters.